The van der Waals surface area contributed by atoms with Crippen LogP contribution in [0.4, 0.5) is 17.8 Å². The molecule has 0 bridgehead atoms. The Labute approximate surface area is 111 Å². The molecule has 1 aromatic rings. The van der Waals surface area contributed by atoms with Crippen LogP contribution in [-0.4, -0.2) is 39.5 Å². The number of nitrogens with two attached hydrogens (primary N) is 2. The molecule has 2 rings (SSSR count). The van der Waals surface area contributed by atoms with Crippen molar-refractivity contribution in [2.75, 3.05) is 29.0 Å². The van der Waals surface area contributed by atoms with Gasteiger partial charge in [0.15, 0.2) is 0 Å². The van der Waals surface area contributed by atoms with Crippen molar-refractivity contribution in [2.45, 2.75) is 32.2 Å². The van der Waals surface area contributed by atoms with E-state index >= 15 is 0 Å². The Hall–Kier alpha value is -2.12. The molecule has 0 aromatic carbocycles. The number of amides is 1. The number of hydrogen-bond acceptors (Lipinski definition) is 7. The van der Waals surface area contributed by atoms with E-state index in [-0.39, 0.29) is 11.9 Å². The number of carbonyl (C=O) groups is 1. The van der Waals surface area contributed by atoms with Crippen LogP contribution in [0.5, 0.6) is 0 Å². The molecular formula is C11H19N7O. The Morgan fingerprint density at radius 1 is 1.26 bits per heavy atom. The third-order valence-electron chi connectivity index (χ3n) is 3.07. The predicted molar refractivity (Wildman–Crippen MR) is 72.6 cm³/mol. The van der Waals surface area contributed by atoms with Gasteiger partial charge < -0.3 is 21.7 Å². The zero-order chi connectivity index (χ0) is 14.0. The van der Waals surface area contributed by atoms with Crippen LogP contribution in [0.2, 0.25) is 0 Å². The standard InChI is InChI=1S/C11H19N7O/c1-11(2,7(12)19)17-9-14-8(13)15-10(16-9)18-5-3-4-6-18/h3-6H2,1-2H3,(H2,12,19)(H3,13,14,15,16,17). The molecule has 1 aliphatic rings. The van der Waals surface area contributed by atoms with Crippen molar-refractivity contribution in [1.82, 2.24) is 15.0 Å². The second-order valence-electron chi connectivity index (χ2n) is 5.13. The zero-order valence-electron chi connectivity index (χ0n) is 11.2. The van der Waals surface area contributed by atoms with Gasteiger partial charge in [-0.1, -0.05) is 0 Å². The SMILES string of the molecule is CC(C)(Nc1nc(N)nc(N2CCCC2)n1)C(N)=O. The maximum atomic E-state index is 11.3. The summed E-state index contributed by atoms with van der Waals surface area (Å²) in [5, 5.41) is 2.88. The Balaban J connectivity index is 2.24. The summed E-state index contributed by atoms with van der Waals surface area (Å²) in [6.07, 6.45) is 2.22. The lowest BCUT2D eigenvalue weighted by atomic mass is 10.1. The largest absolute Gasteiger partial charge is 0.368 e. The van der Waals surface area contributed by atoms with E-state index in [0.29, 0.717) is 5.95 Å². The molecule has 1 aliphatic heterocycles. The van der Waals surface area contributed by atoms with E-state index in [4.69, 9.17) is 11.5 Å². The summed E-state index contributed by atoms with van der Waals surface area (Å²) in [5.41, 5.74) is 10.0. The number of nitrogens with one attached hydrogen (secondary N) is 1. The van der Waals surface area contributed by atoms with E-state index in [1.807, 2.05) is 4.90 Å². The highest BCUT2D eigenvalue weighted by molar-refractivity contribution is 5.86. The maximum Gasteiger partial charge on any atom is 0.242 e. The monoisotopic (exact) mass is 265 g/mol. The zero-order valence-corrected chi connectivity index (χ0v) is 11.2. The van der Waals surface area contributed by atoms with Gasteiger partial charge in [0.1, 0.15) is 5.54 Å². The summed E-state index contributed by atoms with van der Waals surface area (Å²) in [7, 11) is 0. The van der Waals surface area contributed by atoms with Crippen LogP contribution >= 0.6 is 0 Å². The molecule has 1 fully saturated rings. The fourth-order valence-corrected chi connectivity index (χ4v) is 1.84. The topological polar surface area (TPSA) is 123 Å². The summed E-state index contributed by atoms with van der Waals surface area (Å²) in [6, 6.07) is 0. The summed E-state index contributed by atoms with van der Waals surface area (Å²) in [6.45, 7) is 5.12. The van der Waals surface area contributed by atoms with E-state index in [1.165, 1.54) is 0 Å². The lowest BCUT2D eigenvalue weighted by Gasteiger charge is -2.23. The summed E-state index contributed by atoms with van der Waals surface area (Å²) in [5.74, 6) is 0.430. The first-order valence-electron chi connectivity index (χ1n) is 6.23. The molecule has 0 radical (unpaired) electrons. The molecule has 0 atom stereocenters. The minimum atomic E-state index is -0.948. The van der Waals surface area contributed by atoms with Gasteiger partial charge in [-0.05, 0) is 26.7 Å². The minimum absolute atomic E-state index is 0.125. The average Bonchev–Trinajstić information content (AvgIpc) is 2.80. The minimum Gasteiger partial charge on any atom is -0.368 e. The number of rotatable bonds is 4. The number of carbonyl (C=O) groups excluding carboxylic acids is 1. The molecule has 1 amide bonds. The number of primary amides is 1. The second kappa shape index (κ2) is 4.87. The summed E-state index contributed by atoms with van der Waals surface area (Å²) in [4.78, 5) is 25.7. The van der Waals surface area contributed by atoms with Crippen molar-refractivity contribution in [1.29, 1.82) is 0 Å². The van der Waals surface area contributed by atoms with Crippen LogP contribution in [0.3, 0.4) is 0 Å². The molecule has 0 spiro atoms. The maximum absolute atomic E-state index is 11.3. The molecule has 0 unspecified atom stereocenters. The Bertz CT molecular complexity index is 482. The quantitative estimate of drug-likeness (QED) is 0.684. The third-order valence-corrected chi connectivity index (χ3v) is 3.07. The van der Waals surface area contributed by atoms with E-state index in [2.05, 4.69) is 20.3 Å². The van der Waals surface area contributed by atoms with Gasteiger partial charge in [-0.2, -0.15) is 15.0 Å². The van der Waals surface area contributed by atoms with Crippen molar-refractivity contribution in [3.8, 4) is 0 Å². The Kier molecular flexibility index (Phi) is 3.41. The first kappa shape index (κ1) is 13.3. The molecule has 2 heterocycles. The number of nitrogen functional groups attached to an aromatic ring is 1. The van der Waals surface area contributed by atoms with E-state index < -0.39 is 11.4 Å². The normalized spacial score (nSPS) is 15.6. The third kappa shape index (κ3) is 3.01. The number of nitrogens with zero attached hydrogens (tertiary/aromatic N) is 4. The molecule has 8 nitrogen and oxygen atoms in total. The van der Waals surface area contributed by atoms with E-state index in [9.17, 15) is 4.79 Å². The smallest absolute Gasteiger partial charge is 0.242 e. The van der Waals surface area contributed by atoms with Crippen molar-refractivity contribution < 1.29 is 4.79 Å². The molecular weight excluding hydrogens is 246 g/mol. The van der Waals surface area contributed by atoms with Gasteiger partial charge in [0, 0.05) is 13.1 Å². The number of hydrogen-bond donors (Lipinski definition) is 3. The van der Waals surface area contributed by atoms with Crippen LogP contribution in [0.15, 0.2) is 0 Å². The van der Waals surface area contributed by atoms with Crippen LogP contribution in [0.1, 0.15) is 26.7 Å². The lowest BCUT2D eigenvalue weighted by molar-refractivity contribution is -0.121. The van der Waals surface area contributed by atoms with Crippen LogP contribution in [0.25, 0.3) is 0 Å². The van der Waals surface area contributed by atoms with Gasteiger partial charge in [-0.3, -0.25) is 4.79 Å². The Morgan fingerprint density at radius 2 is 1.89 bits per heavy atom. The highest BCUT2D eigenvalue weighted by Gasteiger charge is 2.26. The molecule has 1 saturated heterocycles. The van der Waals surface area contributed by atoms with Crippen molar-refractivity contribution in [2.24, 2.45) is 5.73 Å². The van der Waals surface area contributed by atoms with E-state index in [0.717, 1.165) is 25.9 Å². The molecule has 8 heteroatoms. The summed E-state index contributed by atoms with van der Waals surface area (Å²) < 4.78 is 0. The molecule has 1 aromatic heterocycles. The molecule has 0 aliphatic carbocycles. The van der Waals surface area contributed by atoms with E-state index in [1.54, 1.807) is 13.8 Å². The van der Waals surface area contributed by atoms with Gasteiger partial charge in [0.25, 0.3) is 0 Å². The van der Waals surface area contributed by atoms with Crippen LogP contribution in [0, 0.1) is 0 Å². The Morgan fingerprint density at radius 3 is 2.47 bits per heavy atom. The summed E-state index contributed by atoms with van der Waals surface area (Å²) >= 11 is 0. The highest BCUT2D eigenvalue weighted by Crippen LogP contribution is 2.19. The molecule has 5 N–H and O–H groups in total. The molecule has 19 heavy (non-hydrogen) atoms. The first-order valence-corrected chi connectivity index (χ1v) is 6.23. The van der Waals surface area contributed by atoms with Gasteiger partial charge in [-0.15, -0.1) is 0 Å². The fraction of sp³-hybridized carbons (Fsp3) is 0.636. The highest BCUT2D eigenvalue weighted by atomic mass is 16.1. The molecule has 0 saturated carbocycles. The predicted octanol–water partition coefficient (Wildman–Crippen LogP) is -0.270. The first-order chi connectivity index (χ1) is 8.88. The van der Waals surface area contributed by atoms with Crippen molar-refractivity contribution in [3.63, 3.8) is 0 Å². The van der Waals surface area contributed by atoms with Gasteiger partial charge in [-0.25, -0.2) is 0 Å². The van der Waals surface area contributed by atoms with Crippen molar-refractivity contribution in [3.05, 3.63) is 0 Å². The van der Waals surface area contributed by atoms with Gasteiger partial charge in [0.05, 0.1) is 0 Å². The molecule has 104 valence electrons. The van der Waals surface area contributed by atoms with Crippen LogP contribution in [-0.2, 0) is 4.79 Å². The average molecular weight is 265 g/mol. The second-order valence-corrected chi connectivity index (χ2v) is 5.13. The lowest BCUT2D eigenvalue weighted by Crippen LogP contribution is -2.45. The number of anilines is 3. The van der Waals surface area contributed by atoms with Gasteiger partial charge >= 0.3 is 0 Å². The van der Waals surface area contributed by atoms with Crippen molar-refractivity contribution >= 4 is 23.8 Å². The van der Waals surface area contributed by atoms with Crippen LogP contribution < -0.4 is 21.7 Å². The van der Waals surface area contributed by atoms with Gasteiger partial charge in [0.2, 0.25) is 23.8 Å². The fourth-order valence-electron chi connectivity index (χ4n) is 1.84. The number of aromatic nitrogens is 3.